The molecular formula is C17H28N2O2. The van der Waals surface area contributed by atoms with Crippen LogP contribution in [0.4, 0.5) is 5.69 Å². The number of benzene rings is 1. The summed E-state index contributed by atoms with van der Waals surface area (Å²) in [6.45, 7) is 7.89. The number of nitrogens with one attached hydrogen (secondary N) is 1. The third-order valence-electron chi connectivity index (χ3n) is 4.21. The van der Waals surface area contributed by atoms with Crippen LogP contribution in [0.25, 0.3) is 0 Å². The van der Waals surface area contributed by atoms with Crippen LogP contribution in [0.3, 0.4) is 0 Å². The van der Waals surface area contributed by atoms with Gasteiger partial charge in [0.25, 0.3) is 0 Å². The molecule has 2 rings (SSSR count). The zero-order chi connectivity index (χ0) is 14.9. The minimum atomic E-state index is 0.282. The van der Waals surface area contributed by atoms with Crippen molar-refractivity contribution in [1.29, 1.82) is 0 Å². The lowest BCUT2D eigenvalue weighted by Crippen LogP contribution is -2.37. The zero-order valence-electron chi connectivity index (χ0n) is 13.1. The maximum absolute atomic E-state index is 9.05. The lowest BCUT2D eigenvalue weighted by atomic mass is 10.0. The molecule has 1 heterocycles. The highest BCUT2D eigenvalue weighted by Crippen LogP contribution is 2.21. The fraction of sp³-hybridized carbons (Fsp3) is 0.647. The molecule has 0 amide bonds. The molecule has 1 saturated heterocycles. The van der Waals surface area contributed by atoms with E-state index in [-0.39, 0.29) is 6.61 Å². The Morgan fingerprint density at radius 3 is 2.76 bits per heavy atom. The Morgan fingerprint density at radius 2 is 2.05 bits per heavy atom. The Balaban J connectivity index is 1.90. The van der Waals surface area contributed by atoms with E-state index in [4.69, 9.17) is 9.84 Å². The predicted octanol–water partition coefficient (Wildman–Crippen LogP) is 2.02. The van der Waals surface area contributed by atoms with Crippen LogP contribution >= 0.6 is 0 Å². The molecule has 118 valence electrons. The molecule has 1 atom stereocenters. The van der Waals surface area contributed by atoms with Crippen LogP contribution in [0.2, 0.25) is 0 Å². The number of anilines is 1. The van der Waals surface area contributed by atoms with Crippen LogP contribution < -0.4 is 10.2 Å². The summed E-state index contributed by atoms with van der Waals surface area (Å²) in [6, 6.07) is 8.61. The number of para-hydroxylation sites is 1. The highest BCUT2D eigenvalue weighted by molar-refractivity contribution is 5.53. The van der Waals surface area contributed by atoms with E-state index >= 15 is 0 Å². The van der Waals surface area contributed by atoms with E-state index in [0.717, 1.165) is 52.2 Å². The second-order valence-corrected chi connectivity index (χ2v) is 5.65. The molecule has 1 fully saturated rings. The standard InChI is InChI=1S/C17H28N2O2/c1-2-15(7-10-20)13-18-14-16-5-3-4-6-17(16)19-8-11-21-12-9-19/h3-6,15,18,20H,2,7-14H2,1H3. The number of morpholine rings is 1. The highest BCUT2D eigenvalue weighted by Gasteiger charge is 2.14. The van der Waals surface area contributed by atoms with E-state index in [9.17, 15) is 0 Å². The molecule has 1 aliphatic heterocycles. The highest BCUT2D eigenvalue weighted by atomic mass is 16.5. The SMILES string of the molecule is CCC(CCO)CNCc1ccccc1N1CCOCC1. The minimum absolute atomic E-state index is 0.282. The van der Waals surface area contributed by atoms with E-state index in [1.165, 1.54) is 11.3 Å². The summed E-state index contributed by atoms with van der Waals surface area (Å²) in [5.74, 6) is 0.561. The first-order valence-electron chi connectivity index (χ1n) is 8.07. The first-order chi connectivity index (χ1) is 10.3. The molecule has 2 N–H and O–H groups in total. The number of hydrogen-bond donors (Lipinski definition) is 2. The molecule has 4 heteroatoms. The molecule has 1 aliphatic rings. The summed E-state index contributed by atoms with van der Waals surface area (Å²) >= 11 is 0. The van der Waals surface area contributed by atoms with Crippen molar-refractivity contribution in [2.75, 3.05) is 44.4 Å². The van der Waals surface area contributed by atoms with Crippen molar-refractivity contribution in [3.63, 3.8) is 0 Å². The van der Waals surface area contributed by atoms with Gasteiger partial charge in [-0.2, -0.15) is 0 Å². The molecule has 0 aromatic heterocycles. The molecular weight excluding hydrogens is 264 g/mol. The number of ether oxygens (including phenoxy) is 1. The second-order valence-electron chi connectivity index (χ2n) is 5.65. The van der Waals surface area contributed by atoms with Gasteiger partial charge < -0.3 is 20.1 Å². The monoisotopic (exact) mass is 292 g/mol. The van der Waals surface area contributed by atoms with Gasteiger partial charge in [0.1, 0.15) is 0 Å². The summed E-state index contributed by atoms with van der Waals surface area (Å²) in [5.41, 5.74) is 2.67. The minimum Gasteiger partial charge on any atom is -0.396 e. The molecule has 0 radical (unpaired) electrons. The van der Waals surface area contributed by atoms with Crippen LogP contribution in [0.15, 0.2) is 24.3 Å². The molecule has 21 heavy (non-hydrogen) atoms. The lowest BCUT2D eigenvalue weighted by Gasteiger charge is -2.30. The van der Waals surface area contributed by atoms with Crippen molar-refractivity contribution in [3.05, 3.63) is 29.8 Å². The van der Waals surface area contributed by atoms with Gasteiger partial charge in [-0.1, -0.05) is 31.5 Å². The van der Waals surface area contributed by atoms with Crippen molar-refractivity contribution in [1.82, 2.24) is 5.32 Å². The van der Waals surface area contributed by atoms with Crippen molar-refractivity contribution in [2.45, 2.75) is 26.3 Å². The fourth-order valence-electron chi connectivity index (χ4n) is 2.82. The number of aliphatic hydroxyl groups is 1. The maximum atomic E-state index is 9.05. The fourth-order valence-corrected chi connectivity index (χ4v) is 2.82. The first-order valence-corrected chi connectivity index (χ1v) is 8.07. The predicted molar refractivity (Wildman–Crippen MR) is 86.7 cm³/mol. The van der Waals surface area contributed by atoms with Crippen LogP contribution in [0.1, 0.15) is 25.3 Å². The Labute approximate surface area is 128 Å². The van der Waals surface area contributed by atoms with Crippen molar-refractivity contribution < 1.29 is 9.84 Å². The quantitative estimate of drug-likeness (QED) is 0.769. The summed E-state index contributed by atoms with van der Waals surface area (Å²) in [4.78, 5) is 2.41. The van der Waals surface area contributed by atoms with Gasteiger partial charge in [-0.05, 0) is 30.5 Å². The van der Waals surface area contributed by atoms with Crippen LogP contribution in [0.5, 0.6) is 0 Å². The Kier molecular flexibility index (Phi) is 7.00. The largest absolute Gasteiger partial charge is 0.396 e. The Hall–Kier alpha value is -1.10. The van der Waals surface area contributed by atoms with E-state index in [0.29, 0.717) is 5.92 Å². The Morgan fingerprint density at radius 1 is 1.29 bits per heavy atom. The molecule has 1 aromatic rings. The van der Waals surface area contributed by atoms with Gasteiger partial charge in [-0.25, -0.2) is 0 Å². The van der Waals surface area contributed by atoms with Crippen molar-refractivity contribution in [2.24, 2.45) is 5.92 Å². The van der Waals surface area contributed by atoms with Crippen LogP contribution in [-0.2, 0) is 11.3 Å². The van der Waals surface area contributed by atoms with Crippen molar-refractivity contribution in [3.8, 4) is 0 Å². The summed E-state index contributed by atoms with van der Waals surface area (Å²) in [5, 5.41) is 12.6. The third kappa shape index (κ3) is 4.99. The number of hydrogen-bond acceptors (Lipinski definition) is 4. The third-order valence-corrected chi connectivity index (χ3v) is 4.21. The number of nitrogens with zero attached hydrogens (tertiary/aromatic N) is 1. The van der Waals surface area contributed by atoms with Crippen molar-refractivity contribution >= 4 is 5.69 Å². The summed E-state index contributed by atoms with van der Waals surface area (Å²) in [6.07, 6.45) is 1.99. The molecule has 4 nitrogen and oxygen atoms in total. The molecule has 0 aliphatic carbocycles. The van der Waals surface area contributed by atoms with E-state index < -0.39 is 0 Å². The van der Waals surface area contributed by atoms with E-state index in [2.05, 4.69) is 41.4 Å². The lowest BCUT2D eigenvalue weighted by molar-refractivity contribution is 0.122. The van der Waals surface area contributed by atoms with Gasteiger partial charge >= 0.3 is 0 Å². The van der Waals surface area contributed by atoms with Gasteiger partial charge in [0, 0.05) is 31.9 Å². The average molecular weight is 292 g/mol. The Bertz CT molecular complexity index is 406. The van der Waals surface area contributed by atoms with Gasteiger partial charge in [0.15, 0.2) is 0 Å². The molecule has 1 aromatic carbocycles. The molecule has 0 saturated carbocycles. The average Bonchev–Trinajstić information content (AvgIpc) is 2.55. The smallest absolute Gasteiger partial charge is 0.0642 e. The molecule has 0 bridgehead atoms. The van der Waals surface area contributed by atoms with E-state index in [1.807, 2.05) is 0 Å². The van der Waals surface area contributed by atoms with Crippen LogP contribution in [-0.4, -0.2) is 44.6 Å². The first kappa shape index (κ1) is 16.3. The van der Waals surface area contributed by atoms with Gasteiger partial charge in [-0.15, -0.1) is 0 Å². The summed E-state index contributed by atoms with van der Waals surface area (Å²) in [7, 11) is 0. The van der Waals surface area contributed by atoms with Gasteiger partial charge in [0.2, 0.25) is 0 Å². The van der Waals surface area contributed by atoms with Crippen LogP contribution in [0, 0.1) is 5.92 Å². The maximum Gasteiger partial charge on any atom is 0.0642 e. The molecule has 0 spiro atoms. The topological polar surface area (TPSA) is 44.7 Å². The summed E-state index contributed by atoms with van der Waals surface area (Å²) < 4.78 is 5.43. The molecule has 1 unspecified atom stereocenters. The number of aliphatic hydroxyl groups excluding tert-OH is 1. The van der Waals surface area contributed by atoms with E-state index in [1.54, 1.807) is 0 Å². The van der Waals surface area contributed by atoms with Gasteiger partial charge in [-0.3, -0.25) is 0 Å². The zero-order valence-corrected chi connectivity index (χ0v) is 13.1. The van der Waals surface area contributed by atoms with Gasteiger partial charge in [0.05, 0.1) is 13.2 Å². The normalized spacial score (nSPS) is 17.0. The second kappa shape index (κ2) is 9.03. The number of rotatable bonds is 8.